The smallest absolute Gasteiger partial charge is 0.253 e. The number of nitrogens with zero attached hydrogens (tertiary/aromatic N) is 1. The first kappa shape index (κ1) is 19.8. The van der Waals surface area contributed by atoms with Crippen LogP contribution in [0, 0.1) is 11.7 Å². The third-order valence-electron chi connectivity index (χ3n) is 5.90. The van der Waals surface area contributed by atoms with Crippen molar-refractivity contribution < 1.29 is 17.9 Å². The molecule has 0 bridgehead atoms. The summed E-state index contributed by atoms with van der Waals surface area (Å²) < 4.78 is 47.6. The van der Waals surface area contributed by atoms with Crippen LogP contribution in [0.25, 0.3) is 10.9 Å². The summed E-state index contributed by atoms with van der Waals surface area (Å²) in [7, 11) is 1.61. The number of rotatable bonds is 6. The molecule has 1 N–H and O–H groups in total. The number of aromatic amines is 1. The van der Waals surface area contributed by atoms with E-state index in [2.05, 4.69) is 9.88 Å². The van der Waals surface area contributed by atoms with Gasteiger partial charge in [0.2, 0.25) is 0 Å². The van der Waals surface area contributed by atoms with Crippen molar-refractivity contribution in [3.8, 4) is 5.75 Å². The van der Waals surface area contributed by atoms with Crippen LogP contribution in [0.3, 0.4) is 0 Å². The van der Waals surface area contributed by atoms with Gasteiger partial charge in [0.15, 0.2) is 0 Å². The summed E-state index contributed by atoms with van der Waals surface area (Å²) in [6.45, 7) is 1.30. The lowest BCUT2D eigenvalue weighted by Gasteiger charge is -2.38. The number of alkyl halides is 2. The Morgan fingerprint density at radius 3 is 2.72 bits per heavy atom. The minimum absolute atomic E-state index is 0.128. The zero-order valence-corrected chi connectivity index (χ0v) is 16.4. The maximum Gasteiger partial charge on any atom is 0.253 e. The van der Waals surface area contributed by atoms with Crippen LogP contribution in [0.1, 0.15) is 24.0 Å². The molecule has 0 amide bonds. The van der Waals surface area contributed by atoms with Gasteiger partial charge in [-0.15, -0.1) is 0 Å². The summed E-state index contributed by atoms with van der Waals surface area (Å²) >= 11 is 0. The Hall–Kier alpha value is -2.47. The molecule has 1 aliphatic heterocycles. The monoisotopic (exact) mass is 402 g/mol. The average molecular weight is 402 g/mol. The van der Waals surface area contributed by atoms with E-state index in [0.29, 0.717) is 32.5 Å². The Morgan fingerprint density at radius 1 is 1.17 bits per heavy atom. The summed E-state index contributed by atoms with van der Waals surface area (Å²) in [4.78, 5) is 5.16. The van der Waals surface area contributed by atoms with Crippen molar-refractivity contribution in [2.24, 2.45) is 5.92 Å². The normalized spacial score (nSPS) is 19.5. The Balaban J connectivity index is 1.42. The van der Waals surface area contributed by atoms with Gasteiger partial charge in [0.1, 0.15) is 11.6 Å². The molecule has 0 spiro atoms. The zero-order chi connectivity index (χ0) is 20.4. The van der Waals surface area contributed by atoms with E-state index in [4.69, 9.17) is 4.74 Å². The first-order chi connectivity index (χ1) is 13.9. The second kappa shape index (κ2) is 8.11. The van der Waals surface area contributed by atoms with E-state index in [1.807, 2.05) is 30.5 Å². The van der Waals surface area contributed by atoms with Gasteiger partial charge >= 0.3 is 0 Å². The van der Waals surface area contributed by atoms with Crippen molar-refractivity contribution in [3.63, 3.8) is 0 Å². The number of benzene rings is 2. The van der Waals surface area contributed by atoms with Gasteiger partial charge in [-0.25, -0.2) is 13.2 Å². The topological polar surface area (TPSA) is 28.3 Å². The van der Waals surface area contributed by atoms with Gasteiger partial charge in [-0.3, -0.25) is 4.90 Å². The van der Waals surface area contributed by atoms with Gasteiger partial charge in [-0.05, 0) is 54.3 Å². The average Bonchev–Trinajstić information content (AvgIpc) is 3.10. The van der Waals surface area contributed by atoms with E-state index >= 15 is 0 Å². The maximum absolute atomic E-state index is 14.5. The predicted octanol–water partition coefficient (Wildman–Crippen LogP) is 5.41. The molecular formula is C23H25F3N2O. The molecule has 0 saturated carbocycles. The van der Waals surface area contributed by atoms with Crippen molar-refractivity contribution in [2.45, 2.75) is 31.7 Å². The molecule has 1 saturated heterocycles. The lowest BCUT2D eigenvalue weighted by molar-refractivity contribution is -0.109. The molecule has 1 aliphatic rings. The number of hydrogen-bond acceptors (Lipinski definition) is 2. The molecule has 4 rings (SSSR count). The summed E-state index contributed by atoms with van der Waals surface area (Å²) in [5.74, 6) is -2.85. The third-order valence-corrected chi connectivity index (χ3v) is 5.90. The third kappa shape index (κ3) is 4.42. The molecule has 2 heterocycles. The van der Waals surface area contributed by atoms with E-state index in [0.717, 1.165) is 27.8 Å². The number of methoxy groups -OCH3 is 1. The van der Waals surface area contributed by atoms with E-state index in [9.17, 15) is 13.2 Å². The quantitative estimate of drug-likeness (QED) is 0.598. The van der Waals surface area contributed by atoms with Gasteiger partial charge in [0.05, 0.1) is 7.11 Å². The highest BCUT2D eigenvalue weighted by Crippen LogP contribution is 2.37. The number of aromatic nitrogens is 1. The number of halogens is 3. The van der Waals surface area contributed by atoms with Gasteiger partial charge in [0, 0.05) is 49.1 Å². The highest BCUT2D eigenvalue weighted by Gasteiger charge is 2.43. The number of aryl methyl sites for hydroxylation is 1. The fourth-order valence-electron chi connectivity index (χ4n) is 4.16. The van der Waals surface area contributed by atoms with Gasteiger partial charge in [-0.1, -0.05) is 12.1 Å². The number of likely N-dealkylation sites (tertiary alicyclic amines) is 1. The molecule has 0 radical (unpaired) electrons. The largest absolute Gasteiger partial charge is 0.497 e. The lowest BCUT2D eigenvalue weighted by atomic mass is 9.88. The number of H-pyrrole nitrogens is 1. The zero-order valence-electron chi connectivity index (χ0n) is 16.4. The maximum atomic E-state index is 14.5. The summed E-state index contributed by atoms with van der Waals surface area (Å²) in [6.07, 6.45) is 2.78. The summed E-state index contributed by atoms with van der Waals surface area (Å²) in [6, 6.07) is 12.2. The first-order valence-corrected chi connectivity index (χ1v) is 9.93. The molecule has 6 heteroatoms. The lowest BCUT2D eigenvalue weighted by Crippen LogP contribution is -2.46. The van der Waals surface area contributed by atoms with Crippen LogP contribution >= 0.6 is 0 Å². The van der Waals surface area contributed by atoms with Crippen molar-refractivity contribution in [1.29, 1.82) is 0 Å². The van der Waals surface area contributed by atoms with Gasteiger partial charge < -0.3 is 9.72 Å². The van der Waals surface area contributed by atoms with Crippen LogP contribution in [-0.2, 0) is 13.0 Å². The molecule has 1 aromatic heterocycles. The Labute approximate surface area is 168 Å². The fraction of sp³-hybridized carbons (Fsp3) is 0.391. The van der Waals surface area contributed by atoms with Crippen LogP contribution in [0.5, 0.6) is 5.75 Å². The van der Waals surface area contributed by atoms with Crippen molar-refractivity contribution >= 4 is 10.9 Å². The number of ether oxygens (including phenoxy) is 1. The minimum atomic E-state index is -2.65. The van der Waals surface area contributed by atoms with Crippen LogP contribution in [0.4, 0.5) is 13.2 Å². The number of piperidine rings is 1. The predicted molar refractivity (Wildman–Crippen MR) is 108 cm³/mol. The van der Waals surface area contributed by atoms with Crippen molar-refractivity contribution in [2.75, 3.05) is 20.2 Å². The highest BCUT2D eigenvalue weighted by atomic mass is 19.3. The van der Waals surface area contributed by atoms with E-state index in [1.165, 1.54) is 12.1 Å². The first-order valence-electron chi connectivity index (χ1n) is 9.93. The molecule has 1 fully saturated rings. The Bertz CT molecular complexity index is 968. The molecule has 3 aromatic rings. The van der Waals surface area contributed by atoms with Gasteiger partial charge in [0.25, 0.3) is 5.92 Å². The molecule has 3 nitrogen and oxygen atoms in total. The van der Waals surface area contributed by atoms with E-state index in [-0.39, 0.29) is 12.2 Å². The van der Waals surface area contributed by atoms with E-state index < -0.39 is 11.8 Å². The number of nitrogens with one attached hydrogen (secondary N) is 1. The van der Waals surface area contributed by atoms with Crippen LogP contribution in [0.2, 0.25) is 0 Å². The van der Waals surface area contributed by atoms with Crippen molar-refractivity contribution in [3.05, 3.63) is 65.6 Å². The van der Waals surface area contributed by atoms with Crippen LogP contribution < -0.4 is 4.74 Å². The molecule has 0 aliphatic carbocycles. The fourth-order valence-corrected chi connectivity index (χ4v) is 4.16. The molecular weight excluding hydrogens is 377 g/mol. The minimum Gasteiger partial charge on any atom is -0.497 e. The summed E-state index contributed by atoms with van der Waals surface area (Å²) in [5, 5.41) is 0.943. The van der Waals surface area contributed by atoms with Crippen LogP contribution in [-0.4, -0.2) is 36.0 Å². The van der Waals surface area contributed by atoms with Crippen LogP contribution in [0.15, 0.2) is 48.7 Å². The standard InChI is InChI=1S/C23H25F3N2O/c1-29-20-7-3-16(4-8-20)2-5-18-15-28(11-10-23(18,25)26)14-17-13-27-22-12-19(24)6-9-21(17)22/h3-4,6-9,12-13,18,27H,2,5,10-11,14-15H2,1H3. The number of hydrogen-bond donors (Lipinski definition) is 1. The van der Waals surface area contributed by atoms with Crippen molar-refractivity contribution in [1.82, 2.24) is 9.88 Å². The highest BCUT2D eigenvalue weighted by molar-refractivity contribution is 5.83. The molecule has 1 unspecified atom stereocenters. The SMILES string of the molecule is COc1ccc(CCC2CN(Cc3c[nH]c4cc(F)ccc34)CCC2(F)F)cc1. The molecule has 29 heavy (non-hydrogen) atoms. The molecule has 2 aromatic carbocycles. The second-order valence-electron chi connectivity index (χ2n) is 7.83. The Kier molecular flexibility index (Phi) is 5.54. The van der Waals surface area contributed by atoms with E-state index in [1.54, 1.807) is 13.2 Å². The molecule has 1 atom stereocenters. The second-order valence-corrected chi connectivity index (χ2v) is 7.83. The summed E-state index contributed by atoms with van der Waals surface area (Å²) in [5.41, 5.74) is 2.79. The molecule has 154 valence electrons. The number of fused-ring (bicyclic) bond motifs is 1. The Morgan fingerprint density at radius 2 is 1.97 bits per heavy atom. The van der Waals surface area contributed by atoms with Gasteiger partial charge in [-0.2, -0.15) is 0 Å².